The van der Waals surface area contributed by atoms with Gasteiger partial charge in [0.15, 0.2) is 6.29 Å². The second kappa shape index (κ2) is 7.42. The van der Waals surface area contributed by atoms with Crippen LogP contribution in [0, 0.1) is 11.8 Å². The Balaban J connectivity index is 1.66. The average Bonchev–Trinajstić information content (AvgIpc) is 2.61. The number of fused-ring (bicyclic) bond motifs is 1. The number of carbonyl (C=O) groups excluding carboxylic acids is 1. The van der Waals surface area contributed by atoms with E-state index in [4.69, 9.17) is 0 Å². The van der Waals surface area contributed by atoms with Crippen molar-refractivity contribution in [3.8, 4) is 11.8 Å². The summed E-state index contributed by atoms with van der Waals surface area (Å²) in [5.74, 6) is 6.44. The molecular formula is C22H18O. The number of hydrogen-bond donors (Lipinski definition) is 0. The van der Waals surface area contributed by atoms with Crippen molar-refractivity contribution in [2.45, 2.75) is 19.3 Å². The fourth-order valence-electron chi connectivity index (χ4n) is 2.67. The van der Waals surface area contributed by atoms with E-state index in [1.807, 2.05) is 42.5 Å². The number of benzene rings is 3. The molecule has 1 heteroatoms. The molecule has 3 aromatic carbocycles. The molecule has 112 valence electrons. The van der Waals surface area contributed by atoms with E-state index in [0.717, 1.165) is 47.4 Å². The third-order valence-electron chi connectivity index (χ3n) is 3.89. The highest BCUT2D eigenvalue weighted by atomic mass is 16.1. The summed E-state index contributed by atoms with van der Waals surface area (Å²) in [6.45, 7) is 0. The molecule has 0 amide bonds. The van der Waals surface area contributed by atoms with Gasteiger partial charge < -0.3 is 0 Å². The van der Waals surface area contributed by atoms with Crippen LogP contribution in [0.1, 0.15) is 34.3 Å². The van der Waals surface area contributed by atoms with Gasteiger partial charge in [0.05, 0.1) is 0 Å². The third-order valence-corrected chi connectivity index (χ3v) is 3.89. The molecule has 0 fully saturated rings. The van der Waals surface area contributed by atoms with Gasteiger partial charge in [0, 0.05) is 17.5 Å². The van der Waals surface area contributed by atoms with Crippen molar-refractivity contribution in [1.82, 2.24) is 0 Å². The molecule has 0 aliphatic rings. The Morgan fingerprint density at radius 2 is 1.78 bits per heavy atom. The van der Waals surface area contributed by atoms with Crippen molar-refractivity contribution in [2.24, 2.45) is 0 Å². The summed E-state index contributed by atoms with van der Waals surface area (Å²) < 4.78 is 0. The van der Waals surface area contributed by atoms with E-state index in [-0.39, 0.29) is 0 Å². The summed E-state index contributed by atoms with van der Waals surface area (Å²) >= 11 is 0. The van der Waals surface area contributed by atoms with Crippen molar-refractivity contribution >= 4 is 17.1 Å². The van der Waals surface area contributed by atoms with Gasteiger partial charge in [-0.15, -0.1) is 0 Å². The SMILES string of the molecule is O=Cc1cccc2ccc(C#CCCCc3ccccc3)cc12. The lowest BCUT2D eigenvalue weighted by Crippen LogP contribution is -1.85. The first-order valence-electron chi connectivity index (χ1n) is 7.87. The molecule has 0 N–H and O–H groups in total. The second-order valence-corrected chi connectivity index (χ2v) is 5.54. The van der Waals surface area contributed by atoms with Crippen molar-refractivity contribution in [1.29, 1.82) is 0 Å². The lowest BCUT2D eigenvalue weighted by Gasteiger charge is -2.01. The Morgan fingerprint density at radius 3 is 2.61 bits per heavy atom. The van der Waals surface area contributed by atoms with Gasteiger partial charge in [-0.05, 0) is 41.3 Å². The number of aldehydes is 1. The van der Waals surface area contributed by atoms with Gasteiger partial charge in [0.1, 0.15) is 0 Å². The number of rotatable bonds is 4. The molecule has 3 rings (SSSR count). The minimum absolute atomic E-state index is 0.718. The molecule has 0 atom stereocenters. The predicted molar refractivity (Wildman–Crippen MR) is 95.6 cm³/mol. The normalized spacial score (nSPS) is 10.1. The Kier molecular flexibility index (Phi) is 4.86. The lowest BCUT2D eigenvalue weighted by atomic mass is 10.0. The largest absolute Gasteiger partial charge is 0.298 e. The molecule has 0 unspecified atom stereocenters. The van der Waals surface area contributed by atoms with Crippen molar-refractivity contribution in [2.75, 3.05) is 0 Å². The van der Waals surface area contributed by atoms with Crippen LogP contribution < -0.4 is 0 Å². The molecule has 0 saturated heterocycles. The highest BCUT2D eigenvalue weighted by Gasteiger charge is 2.00. The quantitative estimate of drug-likeness (QED) is 0.375. The highest BCUT2D eigenvalue weighted by Crippen LogP contribution is 2.19. The van der Waals surface area contributed by atoms with E-state index < -0.39 is 0 Å². The molecule has 0 bridgehead atoms. The minimum atomic E-state index is 0.718. The van der Waals surface area contributed by atoms with E-state index in [2.05, 4.69) is 36.1 Å². The van der Waals surface area contributed by atoms with Gasteiger partial charge in [0.25, 0.3) is 0 Å². The Bertz CT molecular complexity index is 867. The summed E-state index contributed by atoms with van der Waals surface area (Å²) in [6, 6.07) is 22.3. The van der Waals surface area contributed by atoms with Crippen LogP contribution in [-0.2, 0) is 6.42 Å². The molecule has 3 aromatic rings. The van der Waals surface area contributed by atoms with E-state index in [9.17, 15) is 4.79 Å². The van der Waals surface area contributed by atoms with Crippen LogP contribution in [0.25, 0.3) is 10.8 Å². The topological polar surface area (TPSA) is 17.1 Å². The Morgan fingerprint density at radius 1 is 0.913 bits per heavy atom. The van der Waals surface area contributed by atoms with Gasteiger partial charge >= 0.3 is 0 Å². The monoisotopic (exact) mass is 298 g/mol. The van der Waals surface area contributed by atoms with E-state index in [0.29, 0.717) is 0 Å². The molecule has 0 heterocycles. The third kappa shape index (κ3) is 3.87. The zero-order valence-electron chi connectivity index (χ0n) is 13.0. The van der Waals surface area contributed by atoms with Gasteiger partial charge in [-0.2, -0.15) is 0 Å². The summed E-state index contributed by atoms with van der Waals surface area (Å²) in [5, 5.41) is 2.04. The van der Waals surface area contributed by atoms with Crippen LogP contribution in [0.4, 0.5) is 0 Å². The molecule has 0 aliphatic heterocycles. The molecule has 0 saturated carbocycles. The van der Waals surface area contributed by atoms with E-state index >= 15 is 0 Å². The smallest absolute Gasteiger partial charge is 0.150 e. The first-order valence-corrected chi connectivity index (χ1v) is 7.87. The van der Waals surface area contributed by atoms with E-state index in [1.54, 1.807) is 0 Å². The van der Waals surface area contributed by atoms with Crippen LogP contribution in [0.3, 0.4) is 0 Å². The predicted octanol–water partition coefficient (Wildman–Crippen LogP) is 5.03. The number of aryl methyl sites for hydroxylation is 1. The van der Waals surface area contributed by atoms with Gasteiger partial charge in [-0.1, -0.05) is 66.4 Å². The maximum atomic E-state index is 11.1. The van der Waals surface area contributed by atoms with Crippen LogP contribution in [0.15, 0.2) is 66.7 Å². The van der Waals surface area contributed by atoms with Crippen LogP contribution in [0.5, 0.6) is 0 Å². The summed E-state index contributed by atoms with van der Waals surface area (Å²) in [5.41, 5.74) is 3.04. The first-order chi connectivity index (χ1) is 11.4. The van der Waals surface area contributed by atoms with Crippen LogP contribution >= 0.6 is 0 Å². The van der Waals surface area contributed by atoms with Crippen molar-refractivity contribution in [3.05, 3.63) is 83.4 Å². The van der Waals surface area contributed by atoms with Crippen LogP contribution in [0.2, 0.25) is 0 Å². The summed E-state index contributed by atoms with van der Waals surface area (Å²) in [6.07, 6.45) is 3.90. The molecule has 0 aromatic heterocycles. The average molecular weight is 298 g/mol. The molecular weight excluding hydrogens is 280 g/mol. The highest BCUT2D eigenvalue weighted by molar-refractivity contribution is 5.98. The molecule has 1 nitrogen and oxygen atoms in total. The number of hydrogen-bond acceptors (Lipinski definition) is 1. The zero-order chi connectivity index (χ0) is 15.9. The lowest BCUT2D eigenvalue weighted by molar-refractivity contribution is 0.112. The Hall–Kier alpha value is -2.85. The Labute approximate surface area is 137 Å². The number of carbonyl (C=O) groups is 1. The zero-order valence-corrected chi connectivity index (χ0v) is 13.0. The van der Waals surface area contributed by atoms with E-state index in [1.165, 1.54) is 5.56 Å². The standard InChI is InChI=1S/C22H18O/c23-17-21-13-7-12-20-15-14-19(16-22(20)21)11-6-2-5-10-18-8-3-1-4-9-18/h1,3-4,7-9,12-17H,2,5,10H2. The second-order valence-electron chi connectivity index (χ2n) is 5.54. The maximum absolute atomic E-state index is 11.1. The molecule has 0 spiro atoms. The maximum Gasteiger partial charge on any atom is 0.150 e. The molecule has 0 radical (unpaired) electrons. The molecule has 23 heavy (non-hydrogen) atoms. The first kappa shape index (κ1) is 15.1. The summed E-state index contributed by atoms with van der Waals surface area (Å²) in [4.78, 5) is 11.1. The summed E-state index contributed by atoms with van der Waals surface area (Å²) in [7, 11) is 0. The minimum Gasteiger partial charge on any atom is -0.298 e. The fraction of sp³-hybridized carbons (Fsp3) is 0.136. The van der Waals surface area contributed by atoms with Crippen molar-refractivity contribution < 1.29 is 4.79 Å². The van der Waals surface area contributed by atoms with Gasteiger partial charge in [0.2, 0.25) is 0 Å². The van der Waals surface area contributed by atoms with Gasteiger partial charge in [-0.25, -0.2) is 0 Å². The number of unbranched alkanes of at least 4 members (excludes halogenated alkanes) is 1. The van der Waals surface area contributed by atoms with Crippen LogP contribution in [-0.4, -0.2) is 6.29 Å². The van der Waals surface area contributed by atoms with Crippen molar-refractivity contribution in [3.63, 3.8) is 0 Å². The molecule has 0 aliphatic carbocycles. The fourth-order valence-corrected chi connectivity index (χ4v) is 2.67. The van der Waals surface area contributed by atoms with Gasteiger partial charge in [-0.3, -0.25) is 4.79 Å².